The summed E-state index contributed by atoms with van der Waals surface area (Å²) in [5.74, 6) is -0.252. The van der Waals surface area contributed by atoms with Crippen LogP contribution in [-0.4, -0.2) is 78.7 Å². The van der Waals surface area contributed by atoms with Gasteiger partial charge in [0.05, 0.1) is 24.9 Å². The molecule has 8 heteroatoms. The van der Waals surface area contributed by atoms with E-state index in [1.165, 1.54) is 0 Å². The summed E-state index contributed by atoms with van der Waals surface area (Å²) in [6, 6.07) is 8.81. The maximum Gasteiger partial charge on any atom is 0.243 e. The van der Waals surface area contributed by atoms with Crippen molar-refractivity contribution in [2.75, 3.05) is 20.1 Å². The van der Waals surface area contributed by atoms with Gasteiger partial charge in [0.2, 0.25) is 11.8 Å². The first kappa shape index (κ1) is 23.7. The zero-order valence-electron chi connectivity index (χ0n) is 18.5. The maximum absolute atomic E-state index is 13.2. The molecular formula is C23H33BN4O2S. The third-order valence-electron chi connectivity index (χ3n) is 6.33. The summed E-state index contributed by atoms with van der Waals surface area (Å²) in [4.78, 5) is 30.7. The summed E-state index contributed by atoms with van der Waals surface area (Å²) >= 11 is 5.62. The summed E-state index contributed by atoms with van der Waals surface area (Å²) in [7, 11) is 8.00. The zero-order chi connectivity index (χ0) is 22.4. The zero-order valence-corrected chi connectivity index (χ0v) is 19.4. The Morgan fingerprint density at radius 2 is 1.84 bits per heavy atom. The van der Waals surface area contributed by atoms with Gasteiger partial charge in [-0.3, -0.25) is 9.59 Å². The number of carbonyl (C=O) groups excluding carboxylic acids is 2. The van der Waals surface area contributed by atoms with Gasteiger partial charge in [-0.15, -0.1) is 0 Å². The van der Waals surface area contributed by atoms with Crippen molar-refractivity contribution in [3.63, 3.8) is 0 Å². The molecule has 4 atom stereocenters. The predicted octanol–water partition coefficient (Wildman–Crippen LogP) is 1.62. The molecule has 3 rings (SSSR count). The number of carbonyl (C=O) groups is 2. The van der Waals surface area contributed by atoms with Crippen LogP contribution in [0.15, 0.2) is 30.3 Å². The van der Waals surface area contributed by atoms with E-state index in [1.807, 2.05) is 42.2 Å². The number of piperidine rings is 1. The van der Waals surface area contributed by atoms with Crippen LogP contribution in [0.1, 0.15) is 44.6 Å². The molecule has 2 fully saturated rings. The summed E-state index contributed by atoms with van der Waals surface area (Å²) in [6.45, 7) is 3.33. The van der Waals surface area contributed by atoms with Crippen molar-refractivity contribution in [3.8, 4) is 0 Å². The molecule has 0 bridgehead atoms. The lowest BCUT2D eigenvalue weighted by molar-refractivity contribution is -0.140. The average molecular weight is 440 g/mol. The highest BCUT2D eigenvalue weighted by Crippen LogP contribution is 2.21. The minimum absolute atomic E-state index is 0.0303. The van der Waals surface area contributed by atoms with Gasteiger partial charge in [-0.25, -0.2) is 0 Å². The number of amides is 2. The molecular weight excluding hydrogens is 407 g/mol. The molecule has 2 aliphatic rings. The van der Waals surface area contributed by atoms with Gasteiger partial charge in [0.1, 0.15) is 6.04 Å². The number of thiocarbonyl (C=S) groups is 1. The second kappa shape index (κ2) is 11.1. The Bertz CT molecular complexity index is 778. The molecule has 6 nitrogen and oxygen atoms in total. The number of hydrogen-bond donors (Lipinski definition) is 2. The number of hydrogen-bond acceptors (Lipinski definition) is 4. The molecule has 0 aliphatic carbocycles. The molecule has 2 amide bonds. The number of nitrogens with one attached hydrogen (secondary N) is 2. The van der Waals surface area contributed by atoms with Crippen LogP contribution in [-0.2, 0) is 16.0 Å². The van der Waals surface area contributed by atoms with Crippen LogP contribution in [0, 0.1) is 0 Å². The first-order valence-corrected chi connectivity index (χ1v) is 11.7. The highest BCUT2D eigenvalue weighted by Gasteiger charge is 2.37. The smallest absolute Gasteiger partial charge is 0.243 e. The van der Waals surface area contributed by atoms with Crippen LogP contribution < -0.4 is 10.6 Å². The molecule has 31 heavy (non-hydrogen) atoms. The lowest BCUT2D eigenvalue weighted by Gasteiger charge is -2.38. The minimum atomic E-state index is -0.459. The van der Waals surface area contributed by atoms with E-state index in [0.29, 0.717) is 24.4 Å². The third-order valence-corrected chi connectivity index (χ3v) is 6.92. The maximum atomic E-state index is 13.2. The standard InChI is InChI=1S/C23H33BN4O2S/c1-16(23(31)28-13-7-6-12-20(28)24)26-21(29)19-11-8-14-27(19)22(30)18(25-2)15-17-9-4-3-5-10-17/h3-5,9-10,16,18-20,25H,6-8,11-15H2,1-2H3,(H,26,29)/t16-,18-,19-,20-/m0/s1. The van der Waals surface area contributed by atoms with Crippen molar-refractivity contribution in [2.24, 2.45) is 0 Å². The largest absolute Gasteiger partial charge is 0.370 e. The molecule has 2 N–H and O–H groups in total. The van der Waals surface area contributed by atoms with E-state index < -0.39 is 6.04 Å². The van der Waals surface area contributed by atoms with Crippen LogP contribution in [0.4, 0.5) is 0 Å². The quantitative estimate of drug-likeness (QED) is 0.499. The normalized spacial score (nSPS) is 23.3. The van der Waals surface area contributed by atoms with Crippen molar-refractivity contribution < 1.29 is 9.59 Å². The van der Waals surface area contributed by atoms with Crippen LogP contribution >= 0.6 is 12.2 Å². The van der Waals surface area contributed by atoms with Gasteiger partial charge in [-0.2, -0.15) is 0 Å². The van der Waals surface area contributed by atoms with E-state index in [9.17, 15) is 9.59 Å². The molecule has 2 heterocycles. The van der Waals surface area contributed by atoms with E-state index in [-0.39, 0.29) is 29.8 Å². The molecule has 1 aromatic rings. The topological polar surface area (TPSA) is 64.7 Å². The van der Waals surface area contributed by atoms with Crippen molar-refractivity contribution >= 4 is 36.9 Å². The predicted molar refractivity (Wildman–Crippen MR) is 128 cm³/mol. The van der Waals surface area contributed by atoms with Gasteiger partial charge in [-0.05, 0) is 57.6 Å². The van der Waals surface area contributed by atoms with Crippen molar-refractivity contribution in [2.45, 2.75) is 69.5 Å². The second-order valence-electron chi connectivity index (χ2n) is 8.55. The fraction of sp³-hybridized carbons (Fsp3) is 0.609. The lowest BCUT2D eigenvalue weighted by atomic mass is 9.86. The Morgan fingerprint density at radius 1 is 1.13 bits per heavy atom. The Kier molecular flexibility index (Phi) is 8.49. The molecule has 0 spiro atoms. The van der Waals surface area contributed by atoms with E-state index >= 15 is 0 Å². The number of likely N-dealkylation sites (N-methyl/N-ethyl adjacent to an activating group) is 1. The molecule has 0 unspecified atom stereocenters. The van der Waals surface area contributed by atoms with Crippen LogP contribution in [0.3, 0.4) is 0 Å². The highest BCUT2D eigenvalue weighted by atomic mass is 32.1. The molecule has 2 aliphatic heterocycles. The Labute approximate surface area is 192 Å². The molecule has 2 saturated heterocycles. The van der Waals surface area contributed by atoms with Gasteiger partial charge in [0.15, 0.2) is 0 Å². The van der Waals surface area contributed by atoms with Gasteiger partial charge < -0.3 is 20.4 Å². The fourth-order valence-electron chi connectivity index (χ4n) is 4.52. The Morgan fingerprint density at radius 3 is 2.52 bits per heavy atom. The summed E-state index contributed by atoms with van der Waals surface area (Å²) in [5, 5.41) is 6.17. The van der Waals surface area contributed by atoms with Crippen LogP contribution in [0.5, 0.6) is 0 Å². The van der Waals surface area contributed by atoms with Gasteiger partial charge in [0.25, 0.3) is 0 Å². The minimum Gasteiger partial charge on any atom is -0.370 e. The lowest BCUT2D eigenvalue weighted by Crippen LogP contribution is -2.56. The van der Waals surface area contributed by atoms with Crippen molar-refractivity contribution in [1.82, 2.24) is 20.4 Å². The average Bonchev–Trinajstić information content (AvgIpc) is 3.27. The van der Waals surface area contributed by atoms with Crippen molar-refractivity contribution in [1.29, 1.82) is 0 Å². The SMILES string of the molecule is [B][C@@H]1CCCCN1C(=S)[C@H](C)NC(=O)[C@@H]1CCCN1C(=O)[C@H](Cc1ccccc1)NC. The van der Waals surface area contributed by atoms with Crippen molar-refractivity contribution in [3.05, 3.63) is 35.9 Å². The molecule has 0 aromatic heterocycles. The molecule has 2 radical (unpaired) electrons. The monoisotopic (exact) mass is 440 g/mol. The number of likely N-dealkylation sites (tertiary alicyclic amines) is 2. The van der Waals surface area contributed by atoms with E-state index in [4.69, 9.17) is 20.1 Å². The van der Waals surface area contributed by atoms with Crippen LogP contribution in [0.2, 0.25) is 0 Å². The number of nitrogens with zero attached hydrogens (tertiary/aromatic N) is 2. The molecule has 0 saturated carbocycles. The van der Waals surface area contributed by atoms with E-state index in [2.05, 4.69) is 10.6 Å². The Balaban J connectivity index is 1.61. The molecule has 1 aromatic carbocycles. The van der Waals surface area contributed by atoms with Gasteiger partial charge >= 0.3 is 0 Å². The number of rotatable bonds is 7. The first-order chi connectivity index (χ1) is 14.9. The van der Waals surface area contributed by atoms with Gasteiger partial charge in [-0.1, -0.05) is 49.0 Å². The van der Waals surface area contributed by atoms with E-state index in [1.54, 1.807) is 11.9 Å². The summed E-state index contributed by atoms with van der Waals surface area (Å²) < 4.78 is 0. The first-order valence-electron chi connectivity index (χ1n) is 11.3. The van der Waals surface area contributed by atoms with Gasteiger partial charge in [0, 0.05) is 13.1 Å². The second-order valence-corrected chi connectivity index (χ2v) is 8.96. The molecule has 166 valence electrons. The van der Waals surface area contributed by atoms with Crippen LogP contribution in [0.25, 0.3) is 0 Å². The van der Waals surface area contributed by atoms with E-state index in [0.717, 1.165) is 37.8 Å². The number of benzene rings is 1. The summed E-state index contributed by atoms with van der Waals surface area (Å²) in [5.41, 5.74) is 1.09. The summed E-state index contributed by atoms with van der Waals surface area (Å²) in [6.07, 6.45) is 5.17. The Hall–Kier alpha value is -1.93. The third kappa shape index (κ3) is 5.86. The fourth-order valence-corrected chi connectivity index (χ4v) is 4.80. The highest BCUT2D eigenvalue weighted by molar-refractivity contribution is 7.80.